The van der Waals surface area contributed by atoms with E-state index < -0.39 is 0 Å². The van der Waals surface area contributed by atoms with Crippen LogP contribution in [0.5, 0.6) is 0 Å². The van der Waals surface area contributed by atoms with E-state index in [2.05, 4.69) is 4.98 Å². The second kappa shape index (κ2) is 5.00. The van der Waals surface area contributed by atoms with Crippen LogP contribution in [0.15, 0.2) is 12.3 Å². The van der Waals surface area contributed by atoms with Crippen molar-refractivity contribution in [3.63, 3.8) is 0 Å². The fourth-order valence-corrected chi connectivity index (χ4v) is 3.61. The number of anilines is 1. The van der Waals surface area contributed by atoms with Gasteiger partial charge in [-0.2, -0.15) is 0 Å². The number of fused-ring (bicyclic) bond motifs is 1. The maximum atomic E-state index is 12.6. The lowest BCUT2D eigenvalue weighted by atomic mass is 9.85. The molecule has 0 bridgehead atoms. The number of nitrogens with zero attached hydrogens (tertiary/aromatic N) is 2. The molecule has 102 valence electrons. The van der Waals surface area contributed by atoms with Crippen molar-refractivity contribution >= 4 is 23.2 Å². The SMILES string of the molecule is Nc1cnc(Cl)c(C(=O)N2CCC3CCCCC32)c1. The summed E-state index contributed by atoms with van der Waals surface area (Å²) in [6.45, 7) is 0.833. The number of aromatic nitrogens is 1. The minimum atomic E-state index is -0.0146. The molecule has 1 aromatic rings. The fraction of sp³-hybridized carbons (Fsp3) is 0.571. The number of halogens is 1. The molecule has 4 nitrogen and oxygen atoms in total. The summed E-state index contributed by atoms with van der Waals surface area (Å²) in [7, 11) is 0. The number of carbonyl (C=O) groups is 1. The first-order valence-electron chi connectivity index (χ1n) is 6.89. The number of pyridine rings is 1. The monoisotopic (exact) mass is 279 g/mol. The van der Waals surface area contributed by atoms with Gasteiger partial charge in [0.05, 0.1) is 17.4 Å². The minimum absolute atomic E-state index is 0.0146. The van der Waals surface area contributed by atoms with Gasteiger partial charge in [-0.3, -0.25) is 4.79 Å². The Morgan fingerprint density at radius 2 is 2.16 bits per heavy atom. The molecule has 0 aromatic carbocycles. The number of hydrogen-bond donors (Lipinski definition) is 1. The van der Waals surface area contributed by atoms with E-state index in [1.54, 1.807) is 6.07 Å². The number of rotatable bonds is 1. The second-order valence-corrected chi connectivity index (χ2v) is 5.86. The Morgan fingerprint density at radius 3 is 3.00 bits per heavy atom. The molecule has 3 rings (SSSR count). The van der Waals surface area contributed by atoms with E-state index in [1.807, 2.05) is 4.90 Å². The van der Waals surface area contributed by atoms with Crippen LogP contribution in [0.3, 0.4) is 0 Å². The second-order valence-electron chi connectivity index (χ2n) is 5.51. The largest absolute Gasteiger partial charge is 0.397 e. The highest BCUT2D eigenvalue weighted by molar-refractivity contribution is 6.32. The van der Waals surface area contributed by atoms with Crippen molar-refractivity contribution < 1.29 is 4.79 Å². The smallest absolute Gasteiger partial charge is 0.257 e. The zero-order valence-corrected chi connectivity index (χ0v) is 11.6. The van der Waals surface area contributed by atoms with E-state index >= 15 is 0 Å². The molecule has 1 aliphatic heterocycles. The van der Waals surface area contributed by atoms with E-state index in [9.17, 15) is 4.79 Å². The van der Waals surface area contributed by atoms with Gasteiger partial charge in [0.15, 0.2) is 0 Å². The standard InChI is InChI=1S/C14H18ClN3O/c15-13-11(7-10(16)8-17-13)14(19)18-6-5-9-3-1-2-4-12(9)18/h7-9,12H,1-6,16H2. The van der Waals surface area contributed by atoms with Gasteiger partial charge in [-0.25, -0.2) is 4.98 Å². The molecule has 0 radical (unpaired) electrons. The van der Waals surface area contributed by atoms with Crippen molar-refractivity contribution in [1.82, 2.24) is 9.88 Å². The Kier molecular flexibility index (Phi) is 3.35. The number of nitrogens with two attached hydrogens (primary N) is 1. The Morgan fingerprint density at radius 1 is 1.37 bits per heavy atom. The zero-order valence-electron chi connectivity index (χ0n) is 10.8. The highest BCUT2D eigenvalue weighted by atomic mass is 35.5. The van der Waals surface area contributed by atoms with Gasteiger partial charge in [0.2, 0.25) is 0 Å². The third-order valence-corrected chi connectivity index (χ3v) is 4.66. The quantitative estimate of drug-likeness (QED) is 0.804. The summed E-state index contributed by atoms with van der Waals surface area (Å²) in [5.41, 5.74) is 6.62. The van der Waals surface area contributed by atoms with Crippen LogP contribution in [0, 0.1) is 5.92 Å². The number of nitrogen functional groups attached to an aromatic ring is 1. The van der Waals surface area contributed by atoms with E-state index in [1.165, 1.54) is 25.5 Å². The molecule has 2 aliphatic rings. The summed E-state index contributed by atoms with van der Waals surface area (Å²) in [5, 5.41) is 0.249. The predicted octanol–water partition coefficient (Wildman–Crippen LogP) is 2.72. The normalized spacial score (nSPS) is 26.3. The van der Waals surface area contributed by atoms with Crippen LogP contribution in [0.2, 0.25) is 5.15 Å². The molecule has 1 saturated carbocycles. The molecule has 2 fully saturated rings. The summed E-state index contributed by atoms with van der Waals surface area (Å²) < 4.78 is 0. The third kappa shape index (κ3) is 2.29. The maximum Gasteiger partial charge on any atom is 0.257 e. The van der Waals surface area contributed by atoms with E-state index in [0.717, 1.165) is 19.4 Å². The molecule has 5 heteroatoms. The molecule has 2 unspecified atom stereocenters. The predicted molar refractivity (Wildman–Crippen MR) is 75.1 cm³/mol. The minimum Gasteiger partial charge on any atom is -0.397 e. The molecule has 1 saturated heterocycles. The molecular weight excluding hydrogens is 262 g/mol. The molecule has 1 aliphatic carbocycles. The van der Waals surface area contributed by atoms with Crippen molar-refractivity contribution in [2.45, 2.75) is 38.1 Å². The Labute approximate surface area is 117 Å². The first-order chi connectivity index (χ1) is 9.16. The molecule has 1 amide bonds. The summed E-state index contributed by atoms with van der Waals surface area (Å²) >= 11 is 6.03. The Hall–Kier alpha value is -1.29. The highest BCUT2D eigenvalue weighted by Gasteiger charge is 2.38. The molecular formula is C14H18ClN3O. The van der Waals surface area contributed by atoms with Crippen molar-refractivity contribution in [1.29, 1.82) is 0 Å². The van der Waals surface area contributed by atoms with Crippen LogP contribution >= 0.6 is 11.6 Å². The first-order valence-corrected chi connectivity index (χ1v) is 7.26. The lowest BCUT2D eigenvalue weighted by molar-refractivity contribution is 0.0690. The number of hydrogen-bond acceptors (Lipinski definition) is 3. The molecule has 19 heavy (non-hydrogen) atoms. The van der Waals surface area contributed by atoms with Crippen LogP contribution < -0.4 is 5.73 Å². The van der Waals surface area contributed by atoms with E-state index in [0.29, 0.717) is 23.2 Å². The molecule has 2 heterocycles. The van der Waals surface area contributed by atoms with E-state index in [4.69, 9.17) is 17.3 Å². The van der Waals surface area contributed by atoms with Crippen LogP contribution in [0.1, 0.15) is 42.5 Å². The lowest BCUT2D eigenvalue weighted by Crippen LogP contribution is -2.39. The summed E-state index contributed by atoms with van der Waals surface area (Å²) in [6, 6.07) is 2.02. The molecule has 0 spiro atoms. The van der Waals surface area contributed by atoms with Gasteiger partial charge in [-0.15, -0.1) is 0 Å². The topological polar surface area (TPSA) is 59.2 Å². The van der Waals surface area contributed by atoms with Gasteiger partial charge in [0.25, 0.3) is 5.91 Å². The number of likely N-dealkylation sites (tertiary alicyclic amines) is 1. The Bertz CT molecular complexity index is 505. The average Bonchev–Trinajstić information content (AvgIpc) is 2.84. The van der Waals surface area contributed by atoms with Crippen molar-refractivity contribution in [2.24, 2.45) is 5.92 Å². The van der Waals surface area contributed by atoms with Gasteiger partial charge in [-0.1, -0.05) is 24.4 Å². The van der Waals surface area contributed by atoms with Crippen molar-refractivity contribution in [3.8, 4) is 0 Å². The lowest BCUT2D eigenvalue weighted by Gasteiger charge is -2.31. The van der Waals surface area contributed by atoms with Crippen LogP contribution in [0.4, 0.5) is 5.69 Å². The average molecular weight is 280 g/mol. The van der Waals surface area contributed by atoms with Gasteiger partial charge >= 0.3 is 0 Å². The van der Waals surface area contributed by atoms with Gasteiger partial charge < -0.3 is 10.6 Å². The molecule has 1 aromatic heterocycles. The number of amides is 1. The maximum absolute atomic E-state index is 12.6. The highest BCUT2D eigenvalue weighted by Crippen LogP contribution is 2.37. The first kappa shape index (κ1) is 12.7. The van der Waals surface area contributed by atoms with Crippen LogP contribution in [-0.2, 0) is 0 Å². The summed E-state index contributed by atoms with van der Waals surface area (Å²) in [4.78, 5) is 18.6. The summed E-state index contributed by atoms with van der Waals surface area (Å²) in [6.07, 6.45) is 7.47. The number of carbonyl (C=O) groups excluding carboxylic acids is 1. The van der Waals surface area contributed by atoms with Crippen molar-refractivity contribution in [2.75, 3.05) is 12.3 Å². The van der Waals surface area contributed by atoms with Gasteiger partial charge in [0, 0.05) is 12.6 Å². The van der Waals surface area contributed by atoms with Gasteiger partial charge in [-0.05, 0) is 31.2 Å². The summed E-state index contributed by atoms with van der Waals surface area (Å²) in [5.74, 6) is 0.657. The fourth-order valence-electron chi connectivity index (χ4n) is 3.43. The molecule has 2 atom stereocenters. The van der Waals surface area contributed by atoms with Crippen LogP contribution in [0.25, 0.3) is 0 Å². The van der Waals surface area contributed by atoms with Gasteiger partial charge in [0.1, 0.15) is 5.15 Å². The zero-order chi connectivity index (χ0) is 13.4. The third-order valence-electron chi connectivity index (χ3n) is 4.36. The van der Waals surface area contributed by atoms with E-state index in [-0.39, 0.29) is 11.1 Å². The van der Waals surface area contributed by atoms with Crippen LogP contribution in [-0.4, -0.2) is 28.4 Å². The Balaban J connectivity index is 1.85. The molecule has 2 N–H and O–H groups in total. The van der Waals surface area contributed by atoms with Crippen molar-refractivity contribution in [3.05, 3.63) is 23.0 Å².